The Labute approximate surface area is 168 Å². The third kappa shape index (κ3) is 5.40. The summed E-state index contributed by atoms with van der Waals surface area (Å²) in [6.45, 7) is 0. The molecule has 6 nitrogen and oxygen atoms in total. The minimum Gasteiger partial charge on any atom is -0.465 e. The standard InChI is InChI=1S/C22H23FN2O4/c1-29-22(28)16-6-10-18(11-7-16)24-20(26)14-2-4-15(5-3-14)21(27)25-19-12-8-17(23)9-13-19/h6-15H,2-5H2,1H3,(H,24,26)(H,25,27). The lowest BCUT2D eigenvalue weighted by Crippen LogP contribution is -2.32. The number of hydrogen-bond acceptors (Lipinski definition) is 4. The van der Waals surface area contributed by atoms with Crippen molar-refractivity contribution in [3.63, 3.8) is 0 Å². The molecule has 2 N–H and O–H groups in total. The number of anilines is 2. The molecule has 0 aliphatic heterocycles. The van der Waals surface area contributed by atoms with E-state index in [1.165, 1.54) is 31.4 Å². The maximum absolute atomic E-state index is 13.0. The van der Waals surface area contributed by atoms with Gasteiger partial charge in [-0.1, -0.05) is 0 Å². The summed E-state index contributed by atoms with van der Waals surface area (Å²) in [6.07, 6.45) is 2.47. The number of carbonyl (C=O) groups is 3. The van der Waals surface area contributed by atoms with Gasteiger partial charge in [-0.3, -0.25) is 9.59 Å². The molecule has 0 spiro atoms. The van der Waals surface area contributed by atoms with Gasteiger partial charge in [0.15, 0.2) is 0 Å². The van der Waals surface area contributed by atoms with Gasteiger partial charge in [0.25, 0.3) is 0 Å². The van der Waals surface area contributed by atoms with E-state index in [-0.39, 0.29) is 29.5 Å². The topological polar surface area (TPSA) is 84.5 Å². The zero-order valence-electron chi connectivity index (χ0n) is 16.1. The Morgan fingerprint density at radius 3 is 1.62 bits per heavy atom. The summed E-state index contributed by atoms with van der Waals surface area (Å²) in [7, 11) is 1.31. The average molecular weight is 398 g/mol. The van der Waals surface area contributed by atoms with E-state index >= 15 is 0 Å². The molecule has 2 aromatic rings. The number of methoxy groups -OCH3 is 1. The molecule has 1 fully saturated rings. The normalized spacial score (nSPS) is 18.6. The second-order valence-electron chi connectivity index (χ2n) is 7.10. The highest BCUT2D eigenvalue weighted by Crippen LogP contribution is 2.30. The van der Waals surface area contributed by atoms with E-state index in [9.17, 15) is 18.8 Å². The van der Waals surface area contributed by atoms with Crippen molar-refractivity contribution in [2.75, 3.05) is 17.7 Å². The van der Waals surface area contributed by atoms with E-state index in [1.807, 2.05) is 0 Å². The third-order valence-electron chi connectivity index (χ3n) is 5.15. The first-order valence-corrected chi connectivity index (χ1v) is 9.52. The second kappa shape index (κ2) is 9.32. The number of hydrogen-bond donors (Lipinski definition) is 2. The molecule has 0 unspecified atom stereocenters. The molecule has 0 saturated heterocycles. The Kier molecular flexibility index (Phi) is 6.59. The van der Waals surface area contributed by atoms with Crippen LogP contribution in [-0.4, -0.2) is 24.9 Å². The van der Waals surface area contributed by atoms with Gasteiger partial charge < -0.3 is 15.4 Å². The van der Waals surface area contributed by atoms with Crippen LogP contribution in [0.1, 0.15) is 36.0 Å². The van der Waals surface area contributed by atoms with Gasteiger partial charge in [0, 0.05) is 23.2 Å². The maximum Gasteiger partial charge on any atom is 0.337 e. The smallest absolute Gasteiger partial charge is 0.337 e. The minimum atomic E-state index is -0.430. The molecule has 29 heavy (non-hydrogen) atoms. The summed E-state index contributed by atoms with van der Waals surface area (Å²) in [5, 5.41) is 5.66. The zero-order chi connectivity index (χ0) is 20.8. The van der Waals surface area contributed by atoms with Crippen LogP contribution in [-0.2, 0) is 14.3 Å². The van der Waals surface area contributed by atoms with Crippen molar-refractivity contribution in [2.24, 2.45) is 11.8 Å². The van der Waals surface area contributed by atoms with Crippen LogP contribution in [0.2, 0.25) is 0 Å². The van der Waals surface area contributed by atoms with E-state index in [0.29, 0.717) is 42.6 Å². The quantitative estimate of drug-likeness (QED) is 0.746. The summed E-state index contributed by atoms with van der Waals surface area (Å²) in [5.41, 5.74) is 1.59. The lowest BCUT2D eigenvalue weighted by molar-refractivity contribution is -0.125. The number of carbonyl (C=O) groups excluding carboxylic acids is 3. The third-order valence-corrected chi connectivity index (χ3v) is 5.15. The first-order valence-electron chi connectivity index (χ1n) is 9.52. The molecule has 0 atom stereocenters. The van der Waals surface area contributed by atoms with E-state index in [2.05, 4.69) is 15.4 Å². The molecular weight excluding hydrogens is 375 g/mol. The summed E-state index contributed by atoms with van der Waals surface area (Å²) in [6, 6.07) is 12.2. The number of amides is 2. The number of nitrogens with one attached hydrogen (secondary N) is 2. The van der Waals surface area contributed by atoms with Crippen LogP contribution >= 0.6 is 0 Å². The molecular formula is C22H23FN2O4. The summed E-state index contributed by atoms with van der Waals surface area (Å²) >= 11 is 0. The molecule has 2 amide bonds. The summed E-state index contributed by atoms with van der Waals surface area (Å²) in [4.78, 5) is 36.3. The monoisotopic (exact) mass is 398 g/mol. The van der Waals surface area contributed by atoms with Gasteiger partial charge in [0.2, 0.25) is 11.8 Å². The molecule has 7 heteroatoms. The lowest BCUT2D eigenvalue weighted by atomic mass is 9.81. The highest BCUT2D eigenvalue weighted by molar-refractivity contribution is 5.95. The molecule has 0 aromatic heterocycles. The molecule has 0 radical (unpaired) electrons. The molecule has 152 valence electrons. The van der Waals surface area contributed by atoms with Crippen molar-refractivity contribution in [2.45, 2.75) is 25.7 Å². The van der Waals surface area contributed by atoms with Gasteiger partial charge in [-0.05, 0) is 74.2 Å². The van der Waals surface area contributed by atoms with Gasteiger partial charge in [-0.15, -0.1) is 0 Å². The Balaban J connectivity index is 1.48. The fraction of sp³-hybridized carbons (Fsp3) is 0.318. The Morgan fingerprint density at radius 2 is 1.21 bits per heavy atom. The van der Waals surface area contributed by atoms with Gasteiger partial charge in [0.1, 0.15) is 5.82 Å². The molecule has 1 aliphatic rings. The number of rotatable bonds is 5. The molecule has 3 rings (SSSR count). The fourth-order valence-electron chi connectivity index (χ4n) is 3.45. The highest BCUT2D eigenvalue weighted by Gasteiger charge is 2.30. The molecule has 0 bridgehead atoms. The highest BCUT2D eigenvalue weighted by atomic mass is 19.1. The van der Waals surface area contributed by atoms with Gasteiger partial charge in [-0.25, -0.2) is 9.18 Å². The molecule has 1 saturated carbocycles. The van der Waals surface area contributed by atoms with Crippen molar-refractivity contribution < 1.29 is 23.5 Å². The Hall–Kier alpha value is -3.22. The van der Waals surface area contributed by atoms with Gasteiger partial charge >= 0.3 is 5.97 Å². The number of esters is 1. The minimum absolute atomic E-state index is 0.0896. The van der Waals surface area contributed by atoms with E-state index < -0.39 is 5.97 Å². The van der Waals surface area contributed by atoms with Crippen molar-refractivity contribution in [1.29, 1.82) is 0 Å². The largest absolute Gasteiger partial charge is 0.465 e. The average Bonchev–Trinajstić information content (AvgIpc) is 2.75. The maximum atomic E-state index is 13.0. The van der Waals surface area contributed by atoms with Crippen molar-refractivity contribution in [3.8, 4) is 0 Å². The van der Waals surface area contributed by atoms with Crippen molar-refractivity contribution in [1.82, 2.24) is 0 Å². The van der Waals surface area contributed by atoms with Crippen molar-refractivity contribution >= 4 is 29.2 Å². The fourth-order valence-corrected chi connectivity index (χ4v) is 3.45. The van der Waals surface area contributed by atoms with Crippen LogP contribution in [0.3, 0.4) is 0 Å². The van der Waals surface area contributed by atoms with Gasteiger partial charge in [0.05, 0.1) is 12.7 Å². The first kappa shape index (κ1) is 20.5. The number of benzene rings is 2. The Bertz CT molecular complexity index is 873. The van der Waals surface area contributed by atoms with Crippen LogP contribution < -0.4 is 10.6 Å². The van der Waals surface area contributed by atoms with Crippen LogP contribution in [0.4, 0.5) is 15.8 Å². The molecule has 2 aromatic carbocycles. The molecule has 1 aliphatic carbocycles. The van der Waals surface area contributed by atoms with Crippen LogP contribution in [0.15, 0.2) is 48.5 Å². The molecule has 0 heterocycles. The van der Waals surface area contributed by atoms with Crippen LogP contribution in [0.5, 0.6) is 0 Å². The van der Waals surface area contributed by atoms with Crippen LogP contribution in [0.25, 0.3) is 0 Å². The zero-order valence-corrected chi connectivity index (χ0v) is 16.1. The van der Waals surface area contributed by atoms with E-state index in [1.54, 1.807) is 24.3 Å². The predicted molar refractivity (Wildman–Crippen MR) is 107 cm³/mol. The Morgan fingerprint density at radius 1 is 0.793 bits per heavy atom. The van der Waals surface area contributed by atoms with E-state index in [0.717, 1.165) is 0 Å². The first-order chi connectivity index (χ1) is 14.0. The SMILES string of the molecule is COC(=O)c1ccc(NC(=O)C2CCC(C(=O)Nc3ccc(F)cc3)CC2)cc1. The van der Waals surface area contributed by atoms with E-state index in [4.69, 9.17) is 0 Å². The summed E-state index contributed by atoms with van der Waals surface area (Å²) < 4.78 is 17.6. The van der Waals surface area contributed by atoms with Gasteiger partial charge in [-0.2, -0.15) is 0 Å². The van der Waals surface area contributed by atoms with Crippen LogP contribution in [0, 0.1) is 17.7 Å². The predicted octanol–water partition coefficient (Wildman–Crippen LogP) is 4.00. The summed E-state index contributed by atoms with van der Waals surface area (Å²) in [5.74, 6) is -1.30. The lowest BCUT2D eigenvalue weighted by Gasteiger charge is -2.27. The number of ether oxygens (including phenoxy) is 1. The van der Waals surface area contributed by atoms with Crippen molar-refractivity contribution in [3.05, 3.63) is 59.9 Å². The number of halogens is 1. The second-order valence-corrected chi connectivity index (χ2v) is 7.10.